The highest BCUT2D eigenvalue weighted by Crippen LogP contribution is 2.18. The Labute approximate surface area is 94.5 Å². The van der Waals surface area contributed by atoms with Gasteiger partial charge in [-0.25, -0.2) is 0 Å². The first-order valence-electron chi connectivity index (χ1n) is 5.90. The average Bonchev–Trinajstić information content (AvgIpc) is 2.20. The van der Waals surface area contributed by atoms with Gasteiger partial charge in [0, 0.05) is 33.5 Å². The standard InChI is InChI=1S/C12H27NO2/c1-5-15-9-6-8-13-11-12(2,3)7-10-14-4/h13H,5-11H2,1-4H3. The summed E-state index contributed by atoms with van der Waals surface area (Å²) in [6.07, 6.45) is 2.19. The van der Waals surface area contributed by atoms with Gasteiger partial charge in [-0.15, -0.1) is 0 Å². The molecule has 15 heavy (non-hydrogen) atoms. The highest BCUT2D eigenvalue weighted by Gasteiger charge is 2.16. The van der Waals surface area contributed by atoms with Crippen LogP contribution in [0.15, 0.2) is 0 Å². The van der Waals surface area contributed by atoms with E-state index < -0.39 is 0 Å². The van der Waals surface area contributed by atoms with Gasteiger partial charge in [-0.3, -0.25) is 0 Å². The van der Waals surface area contributed by atoms with E-state index in [9.17, 15) is 0 Å². The third kappa shape index (κ3) is 10.2. The Morgan fingerprint density at radius 1 is 1.20 bits per heavy atom. The quantitative estimate of drug-likeness (QED) is 0.568. The van der Waals surface area contributed by atoms with Crippen LogP contribution in [0.1, 0.15) is 33.6 Å². The first-order chi connectivity index (χ1) is 7.12. The Hall–Kier alpha value is -0.120. The van der Waals surface area contributed by atoms with Gasteiger partial charge in [0.05, 0.1) is 0 Å². The summed E-state index contributed by atoms with van der Waals surface area (Å²) in [5.74, 6) is 0. The molecule has 0 aromatic heterocycles. The highest BCUT2D eigenvalue weighted by atomic mass is 16.5. The monoisotopic (exact) mass is 217 g/mol. The predicted octanol–water partition coefficient (Wildman–Crippen LogP) is 2.07. The number of hydrogen-bond acceptors (Lipinski definition) is 3. The summed E-state index contributed by atoms with van der Waals surface area (Å²) in [4.78, 5) is 0. The summed E-state index contributed by atoms with van der Waals surface area (Å²) in [6, 6.07) is 0. The highest BCUT2D eigenvalue weighted by molar-refractivity contribution is 4.71. The van der Waals surface area contributed by atoms with Gasteiger partial charge in [-0.2, -0.15) is 0 Å². The summed E-state index contributed by atoms with van der Waals surface area (Å²) in [7, 11) is 1.76. The fourth-order valence-electron chi connectivity index (χ4n) is 1.34. The van der Waals surface area contributed by atoms with Crippen molar-refractivity contribution in [3.05, 3.63) is 0 Å². The molecule has 1 N–H and O–H groups in total. The fourth-order valence-corrected chi connectivity index (χ4v) is 1.34. The molecule has 0 bridgehead atoms. The molecule has 0 heterocycles. The molecule has 0 aliphatic heterocycles. The Balaban J connectivity index is 3.32. The molecule has 0 spiro atoms. The number of ether oxygens (including phenoxy) is 2. The van der Waals surface area contributed by atoms with Crippen molar-refractivity contribution in [3.8, 4) is 0 Å². The van der Waals surface area contributed by atoms with Gasteiger partial charge in [0.1, 0.15) is 0 Å². The first kappa shape index (κ1) is 14.9. The van der Waals surface area contributed by atoms with Gasteiger partial charge in [0.25, 0.3) is 0 Å². The third-order valence-electron chi connectivity index (χ3n) is 2.43. The largest absolute Gasteiger partial charge is 0.385 e. The van der Waals surface area contributed by atoms with Gasteiger partial charge in [-0.1, -0.05) is 13.8 Å². The first-order valence-corrected chi connectivity index (χ1v) is 5.90. The van der Waals surface area contributed by atoms with Crippen molar-refractivity contribution in [2.24, 2.45) is 5.41 Å². The Morgan fingerprint density at radius 3 is 2.53 bits per heavy atom. The van der Waals surface area contributed by atoms with E-state index in [0.29, 0.717) is 5.41 Å². The van der Waals surface area contributed by atoms with Crippen LogP contribution in [-0.2, 0) is 9.47 Å². The van der Waals surface area contributed by atoms with E-state index in [1.807, 2.05) is 6.92 Å². The minimum atomic E-state index is 0.321. The van der Waals surface area contributed by atoms with Crippen molar-refractivity contribution in [2.45, 2.75) is 33.6 Å². The van der Waals surface area contributed by atoms with Crippen molar-refractivity contribution in [3.63, 3.8) is 0 Å². The zero-order valence-corrected chi connectivity index (χ0v) is 10.8. The molecule has 0 radical (unpaired) electrons. The van der Waals surface area contributed by atoms with E-state index in [1.54, 1.807) is 7.11 Å². The third-order valence-corrected chi connectivity index (χ3v) is 2.43. The van der Waals surface area contributed by atoms with Crippen LogP contribution in [0.3, 0.4) is 0 Å². The summed E-state index contributed by atoms with van der Waals surface area (Å²) >= 11 is 0. The average molecular weight is 217 g/mol. The van der Waals surface area contributed by atoms with E-state index in [4.69, 9.17) is 9.47 Å². The lowest BCUT2D eigenvalue weighted by Gasteiger charge is -2.24. The molecule has 0 aliphatic rings. The van der Waals surface area contributed by atoms with Gasteiger partial charge in [-0.05, 0) is 31.7 Å². The van der Waals surface area contributed by atoms with Gasteiger partial charge in [0.15, 0.2) is 0 Å². The lowest BCUT2D eigenvalue weighted by molar-refractivity contribution is 0.139. The second kappa shape index (κ2) is 9.13. The molecule has 0 amide bonds. The molecule has 92 valence electrons. The van der Waals surface area contributed by atoms with Crippen LogP contribution in [0, 0.1) is 5.41 Å². The zero-order valence-electron chi connectivity index (χ0n) is 10.8. The van der Waals surface area contributed by atoms with Crippen LogP contribution >= 0.6 is 0 Å². The van der Waals surface area contributed by atoms with E-state index >= 15 is 0 Å². The molecule has 0 rings (SSSR count). The normalized spacial score (nSPS) is 12.0. The van der Waals surface area contributed by atoms with Crippen molar-refractivity contribution in [1.29, 1.82) is 0 Å². The molecule has 0 saturated heterocycles. The molecule has 3 nitrogen and oxygen atoms in total. The minimum Gasteiger partial charge on any atom is -0.385 e. The van der Waals surface area contributed by atoms with Crippen molar-refractivity contribution in [2.75, 3.05) is 40.0 Å². The molecule has 0 fully saturated rings. The molecule has 3 heteroatoms. The summed E-state index contributed by atoms with van der Waals surface area (Å²) < 4.78 is 10.4. The van der Waals surface area contributed by atoms with E-state index in [2.05, 4.69) is 19.2 Å². The second-order valence-corrected chi connectivity index (χ2v) is 4.63. The SMILES string of the molecule is CCOCCCNCC(C)(C)CCOC. The van der Waals surface area contributed by atoms with Crippen molar-refractivity contribution >= 4 is 0 Å². The number of hydrogen-bond donors (Lipinski definition) is 1. The van der Waals surface area contributed by atoms with Crippen LogP contribution in [0.2, 0.25) is 0 Å². The lowest BCUT2D eigenvalue weighted by atomic mass is 9.90. The van der Waals surface area contributed by atoms with Gasteiger partial charge < -0.3 is 14.8 Å². The lowest BCUT2D eigenvalue weighted by Crippen LogP contribution is -2.31. The maximum atomic E-state index is 5.27. The summed E-state index contributed by atoms with van der Waals surface area (Å²) in [5.41, 5.74) is 0.321. The molecule has 0 aliphatic carbocycles. The predicted molar refractivity (Wildman–Crippen MR) is 64.3 cm³/mol. The molecule has 0 atom stereocenters. The zero-order chi connectivity index (χ0) is 11.6. The molecule has 0 unspecified atom stereocenters. The second-order valence-electron chi connectivity index (χ2n) is 4.63. The van der Waals surface area contributed by atoms with E-state index in [-0.39, 0.29) is 0 Å². The van der Waals surface area contributed by atoms with Crippen molar-refractivity contribution < 1.29 is 9.47 Å². The molecular formula is C12H27NO2. The Bertz CT molecular complexity index is 138. The number of rotatable bonds is 10. The minimum absolute atomic E-state index is 0.321. The van der Waals surface area contributed by atoms with Crippen LogP contribution in [0.5, 0.6) is 0 Å². The van der Waals surface area contributed by atoms with Crippen LogP contribution in [-0.4, -0.2) is 40.0 Å². The maximum absolute atomic E-state index is 5.27. The molecule has 0 aromatic carbocycles. The smallest absolute Gasteiger partial charge is 0.0477 e. The molecule has 0 aromatic rings. The van der Waals surface area contributed by atoms with Gasteiger partial charge >= 0.3 is 0 Å². The van der Waals surface area contributed by atoms with E-state index in [0.717, 1.165) is 45.8 Å². The van der Waals surface area contributed by atoms with Crippen LogP contribution < -0.4 is 5.32 Å². The Kier molecular flexibility index (Phi) is 9.06. The molecule has 0 saturated carbocycles. The maximum Gasteiger partial charge on any atom is 0.0477 e. The Morgan fingerprint density at radius 2 is 1.93 bits per heavy atom. The number of nitrogens with one attached hydrogen (secondary N) is 1. The topological polar surface area (TPSA) is 30.5 Å². The van der Waals surface area contributed by atoms with Crippen LogP contribution in [0.25, 0.3) is 0 Å². The van der Waals surface area contributed by atoms with Crippen molar-refractivity contribution in [1.82, 2.24) is 5.32 Å². The van der Waals surface area contributed by atoms with Gasteiger partial charge in [0.2, 0.25) is 0 Å². The molecular weight excluding hydrogens is 190 g/mol. The van der Waals surface area contributed by atoms with E-state index in [1.165, 1.54) is 0 Å². The fraction of sp³-hybridized carbons (Fsp3) is 1.00. The van der Waals surface area contributed by atoms with Crippen LogP contribution in [0.4, 0.5) is 0 Å². The number of methoxy groups -OCH3 is 1. The summed E-state index contributed by atoms with van der Waals surface area (Å²) in [5, 5.41) is 3.46. The summed E-state index contributed by atoms with van der Waals surface area (Å²) in [6.45, 7) is 11.2.